The molecular weight excluding hydrogens is 187 g/mol. The molecule has 0 aliphatic heterocycles. The summed E-state index contributed by atoms with van der Waals surface area (Å²) in [7, 11) is 0. The van der Waals surface area contributed by atoms with E-state index in [0.29, 0.717) is 0 Å². The van der Waals surface area contributed by atoms with Crippen LogP contribution < -0.4 is 0 Å². The Morgan fingerprint density at radius 2 is 2.07 bits per heavy atom. The largest absolute Gasteiger partial charge is 0.207 e. The monoisotopic (exact) mass is 204 g/mol. The Morgan fingerprint density at radius 1 is 1.27 bits per heavy atom. The Bertz CT molecular complexity index is 369. The first-order valence-electron chi connectivity index (χ1n) is 5.49. The summed E-state index contributed by atoms with van der Waals surface area (Å²) in [4.78, 5) is 0. The molecule has 1 heteroatoms. The zero-order valence-corrected chi connectivity index (χ0v) is 9.44. The lowest BCUT2D eigenvalue weighted by atomic mass is 10.1. The van der Waals surface area contributed by atoms with Crippen LogP contribution in [0.15, 0.2) is 18.2 Å². The van der Waals surface area contributed by atoms with E-state index in [0.717, 1.165) is 24.0 Å². The average molecular weight is 204 g/mol. The fourth-order valence-corrected chi connectivity index (χ4v) is 1.35. The molecular formula is C14H17F. The van der Waals surface area contributed by atoms with Gasteiger partial charge >= 0.3 is 0 Å². The van der Waals surface area contributed by atoms with Crippen LogP contribution in [0.3, 0.4) is 0 Å². The van der Waals surface area contributed by atoms with Crippen molar-refractivity contribution in [3.05, 3.63) is 35.1 Å². The minimum Gasteiger partial charge on any atom is -0.207 e. The summed E-state index contributed by atoms with van der Waals surface area (Å²) in [5.41, 5.74) is 1.85. The Hall–Kier alpha value is -1.29. The number of unbranched alkanes of at least 4 members (excludes halogenated alkanes) is 3. The predicted octanol–water partition coefficient (Wildman–Crippen LogP) is 4.07. The molecule has 0 unspecified atom stereocenters. The van der Waals surface area contributed by atoms with Gasteiger partial charge < -0.3 is 0 Å². The maximum atomic E-state index is 12.9. The molecule has 80 valence electrons. The molecule has 0 fully saturated rings. The van der Waals surface area contributed by atoms with E-state index in [2.05, 4.69) is 18.8 Å². The maximum Gasteiger partial charge on any atom is 0.124 e. The van der Waals surface area contributed by atoms with Gasteiger partial charge in [0, 0.05) is 12.0 Å². The van der Waals surface area contributed by atoms with Crippen molar-refractivity contribution >= 4 is 0 Å². The number of hydrogen-bond acceptors (Lipinski definition) is 0. The molecule has 0 aromatic heterocycles. The van der Waals surface area contributed by atoms with E-state index in [1.807, 2.05) is 6.92 Å². The summed E-state index contributed by atoms with van der Waals surface area (Å²) in [6.07, 6.45) is 4.47. The van der Waals surface area contributed by atoms with E-state index in [9.17, 15) is 4.39 Å². The Labute approximate surface area is 91.5 Å². The molecule has 0 heterocycles. The molecule has 0 spiro atoms. The number of benzene rings is 1. The minimum atomic E-state index is -0.210. The molecule has 1 aromatic carbocycles. The van der Waals surface area contributed by atoms with Crippen LogP contribution in [-0.2, 0) is 0 Å². The second-order valence-corrected chi connectivity index (χ2v) is 3.72. The molecule has 0 aliphatic rings. The van der Waals surface area contributed by atoms with Crippen LogP contribution >= 0.6 is 0 Å². The molecule has 0 radical (unpaired) electrons. The van der Waals surface area contributed by atoms with Crippen LogP contribution in [-0.4, -0.2) is 0 Å². The van der Waals surface area contributed by atoms with Gasteiger partial charge in [-0.15, -0.1) is 0 Å². The van der Waals surface area contributed by atoms with E-state index < -0.39 is 0 Å². The van der Waals surface area contributed by atoms with Crippen molar-refractivity contribution < 1.29 is 4.39 Å². The quantitative estimate of drug-likeness (QED) is 0.514. The summed E-state index contributed by atoms with van der Waals surface area (Å²) >= 11 is 0. The zero-order chi connectivity index (χ0) is 11.1. The van der Waals surface area contributed by atoms with E-state index in [4.69, 9.17) is 0 Å². The molecule has 0 amide bonds. The lowest BCUT2D eigenvalue weighted by molar-refractivity contribution is 0.627. The molecule has 1 aromatic rings. The molecule has 0 N–H and O–H groups in total. The molecule has 0 atom stereocenters. The van der Waals surface area contributed by atoms with E-state index in [-0.39, 0.29) is 5.82 Å². The summed E-state index contributed by atoms with van der Waals surface area (Å²) in [6, 6.07) is 4.74. The fourth-order valence-electron chi connectivity index (χ4n) is 1.35. The third-order valence-electron chi connectivity index (χ3n) is 2.33. The average Bonchev–Trinajstić information content (AvgIpc) is 2.23. The van der Waals surface area contributed by atoms with Gasteiger partial charge in [-0.05, 0) is 31.0 Å². The molecule has 1 rings (SSSR count). The van der Waals surface area contributed by atoms with Gasteiger partial charge in [0.25, 0.3) is 0 Å². The van der Waals surface area contributed by atoms with Crippen LogP contribution in [0.2, 0.25) is 0 Å². The number of rotatable bonds is 3. The maximum absolute atomic E-state index is 12.9. The molecule has 0 bridgehead atoms. The summed E-state index contributed by atoms with van der Waals surface area (Å²) in [5.74, 6) is 5.90. The van der Waals surface area contributed by atoms with Crippen LogP contribution in [0.5, 0.6) is 0 Å². The van der Waals surface area contributed by atoms with Crippen LogP contribution in [0, 0.1) is 24.6 Å². The van der Waals surface area contributed by atoms with Gasteiger partial charge in [0.05, 0.1) is 0 Å². The first kappa shape index (κ1) is 11.8. The summed E-state index contributed by atoms with van der Waals surface area (Å²) < 4.78 is 12.9. The predicted molar refractivity (Wildman–Crippen MR) is 62.2 cm³/mol. The van der Waals surface area contributed by atoms with Gasteiger partial charge in [-0.3, -0.25) is 0 Å². The smallest absolute Gasteiger partial charge is 0.124 e. The Kier molecular flexibility index (Phi) is 4.90. The summed E-state index contributed by atoms with van der Waals surface area (Å²) in [5, 5.41) is 0. The van der Waals surface area contributed by atoms with Crippen molar-refractivity contribution in [1.29, 1.82) is 0 Å². The van der Waals surface area contributed by atoms with Gasteiger partial charge in [0.2, 0.25) is 0 Å². The van der Waals surface area contributed by atoms with Crippen molar-refractivity contribution in [2.75, 3.05) is 0 Å². The first-order valence-corrected chi connectivity index (χ1v) is 5.49. The van der Waals surface area contributed by atoms with E-state index >= 15 is 0 Å². The number of hydrogen-bond donors (Lipinski definition) is 0. The molecule has 0 nitrogen and oxygen atoms in total. The van der Waals surface area contributed by atoms with E-state index in [1.165, 1.54) is 25.0 Å². The van der Waals surface area contributed by atoms with Crippen molar-refractivity contribution in [3.8, 4) is 11.8 Å². The second kappa shape index (κ2) is 6.24. The highest BCUT2D eigenvalue weighted by atomic mass is 19.1. The highest BCUT2D eigenvalue weighted by Gasteiger charge is 1.95. The minimum absolute atomic E-state index is 0.210. The van der Waals surface area contributed by atoms with Crippen LogP contribution in [0.25, 0.3) is 0 Å². The summed E-state index contributed by atoms with van der Waals surface area (Å²) in [6.45, 7) is 4.12. The van der Waals surface area contributed by atoms with Gasteiger partial charge in [0.1, 0.15) is 5.82 Å². The lowest BCUT2D eigenvalue weighted by Crippen LogP contribution is -1.84. The Balaban J connectivity index is 2.59. The van der Waals surface area contributed by atoms with Crippen molar-refractivity contribution in [2.45, 2.75) is 39.5 Å². The SMILES string of the molecule is CCCCCC#Cc1cc(F)ccc1C. The Morgan fingerprint density at radius 3 is 2.80 bits per heavy atom. The third kappa shape index (κ3) is 4.16. The standard InChI is InChI=1S/C14H17F/c1-3-4-5-6-7-8-13-11-14(15)10-9-12(13)2/h9-11H,3-6H2,1-2H3. The molecule has 0 saturated heterocycles. The topological polar surface area (TPSA) is 0 Å². The first-order chi connectivity index (χ1) is 7.24. The fraction of sp³-hybridized carbons (Fsp3) is 0.429. The van der Waals surface area contributed by atoms with Crippen LogP contribution in [0.4, 0.5) is 4.39 Å². The zero-order valence-electron chi connectivity index (χ0n) is 9.44. The van der Waals surface area contributed by atoms with Crippen molar-refractivity contribution in [2.24, 2.45) is 0 Å². The van der Waals surface area contributed by atoms with Crippen LogP contribution in [0.1, 0.15) is 43.7 Å². The van der Waals surface area contributed by atoms with Crippen molar-refractivity contribution in [3.63, 3.8) is 0 Å². The lowest BCUT2D eigenvalue weighted by Gasteiger charge is -1.96. The number of halogens is 1. The van der Waals surface area contributed by atoms with Gasteiger partial charge in [-0.1, -0.05) is 37.7 Å². The van der Waals surface area contributed by atoms with Gasteiger partial charge in [0.15, 0.2) is 0 Å². The highest BCUT2D eigenvalue weighted by molar-refractivity contribution is 5.40. The van der Waals surface area contributed by atoms with Crippen molar-refractivity contribution in [1.82, 2.24) is 0 Å². The molecule has 0 saturated carbocycles. The third-order valence-corrected chi connectivity index (χ3v) is 2.33. The van der Waals surface area contributed by atoms with Gasteiger partial charge in [-0.25, -0.2) is 4.39 Å². The number of aryl methyl sites for hydroxylation is 1. The van der Waals surface area contributed by atoms with Gasteiger partial charge in [-0.2, -0.15) is 0 Å². The second-order valence-electron chi connectivity index (χ2n) is 3.72. The van der Waals surface area contributed by atoms with E-state index in [1.54, 1.807) is 6.07 Å². The molecule has 0 aliphatic carbocycles. The molecule has 15 heavy (non-hydrogen) atoms. The highest BCUT2D eigenvalue weighted by Crippen LogP contribution is 2.08. The normalized spacial score (nSPS) is 9.53.